The highest BCUT2D eigenvalue weighted by molar-refractivity contribution is 4.87. The van der Waals surface area contributed by atoms with Crippen LogP contribution in [0.3, 0.4) is 0 Å². The first kappa shape index (κ1) is 12.4. The van der Waals surface area contributed by atoms with Gasteiger partial charge in [0.1, 0.15) is 0 Å². The van der Waals surface area contributed by atoms with Crippen LogP contribution in [0, 0.1) is 17.3 Å². The molecule has 3 unspecified atom stereocenters. The first-order valence-corrected chi connectivity index (χ1v) is 7.00. The van der Waals surface area contributed by atoms with Crippen LogP contribution >= 0.6 is 0 Å². The minimum atomic E-state index is 0.535. The van der Waals surface area contributed by atoms with Gasteiger partial charge in [-0.25, -0.2) is 0 Å². The van der Waals surface area contributed by atoms with Crippen molar-refractivity contribution in [2.75, 3.05) is 32.7 Å². The highest BCUT2D eigenvalue weighted by atomic mass is 15.1. The molecule has 2 aliphatic heterocycles. The van der Waals surface area contributed by atoms with E-state index in [2.05, 4.69) is 31.0 Å². The zero-order valence-corrected chi connectivity index (χ0v) is 11.3. The van der Waals surface area contributed by atoms with Crippen LogP contribution in [-0.4, -0.2) is 37.6 Å². The zero-order valence-electron chi connectivity index (χ0n) is 11.3. The Morgan fingerprint density at radius 3 is 2.81 bits per heavy atom. The average Bonchev–Trinajstić information content (AvgIpc) is 2.54. The molecule has 0 aromatic carbocycles. The van der Waals surface area contributed by atoms with Crippen molar-refractivity contribution in [1.29, 1.82) is 0 Å². The highest BCUT2D eigenvalue weighted by Crippen LogP contribution is 2.28. The van der Waals surface area contributed by atoms with Gasteiger partial charge in [-0.05, 0) is 49.6 Å². The van der Waals surface area contributed by atoms with Crippen LogP contribution in [0.1, 0.15) is 40.0 Å². The van der Waals surface area contributed by atoms with Crippen LogP contribution in [0.4, 0.5) is 0 Å². The fourth-order valence-electron chi connectivity index (χ4n) is 3.50. The van der Waals surface area contributed by atoms with Crippen molar-refractivity contribution < 1.29 is 0 Å². The summed E-state index contributed by atoms with van der Waals surface area (Å²) in [4.78, 5) is 2.72. The molecule has 94 valence electrons. The molecule has 16 heavy (non-hydrogen) atoms. The molecule has 2 rings (SSSR count). The van der Waals surface area contributed by atoms with Crippen LogP contribution in [-0.2, 0) is 0 Å². The third kappa shape index (κ3) is 3.21. The Balaban J connectivity index is 1.88. The summed E-state index contributed by atoms with van der Waals surface area (Å²) in [6, 6.07) is 0. The first-order valence-electron chi connectivity index (χ1n) is 7.00. The molecule has 1 N–H and O–H groups in total. The lowest BCUT2D eigenvalue weighted by molar-refractivity contribution is 0.168. The monoisotopic (exact) mass is 224 g/mol. The van der Waals surface area contributed by atoms with E-state index < -0.39 is 0 Å². The molecule has 0 amide bonds. The van der Waals surface area contributed by atoms with Crippen molar-refractivity contribution in [3.63, 3.8) is 0 Å². The molecule has 2 heteroatoms. The number of likely N-dealkylation sites (tertiary alicyclic amines) is 1. The third-order valence-electron chi connectivity index (χ3n) is 4.38. The summed E-state index contributed by atoms with van der Waals surface area (Å²) in [7, 11) is 0. The Labute approximate surface area is 101 Å². The molecule has 0 aliphatic carbocycles. The van der Waals surface area contributed by atoms with E-state index in [1.54, 1.807) is 0 Å². The van der Waals surface area contributed by atoms with Crippen molar-refractivity contribution in [2.24, 2.45) is 17.3 Å². The maximum absolute atomic E-state index is 3.51. The summed E-state index contributed by atoms with van der Waals surface area (Å²) in [6.07, 6.45) is 4.17. The fraction of sp³-hybridized carbons (Fsp3) is 1.00. The van der Waals surface area contributed by atoms with E-state index in [4.69, 9.17) is 0 Å². The molecular formula is C14H28N2. The molecule has 0 spiro atoms. The van der Waals surface area contributed by atoms with Gasteiger partial charge in [-0.1, -0.05) is 20.8 Å². The normalized spacial score (nSPS) is 42.2. The van der Waals surface area contributed by atoms with Crippen molar-refractivity contribution in [2.45, 2.75) is 40.0 Å². The Morgan fingerprint density at radius 1 is 1.31 bits per heavy atom. The molecule has 0 aromatic rings. The summed E-state index contributed by atoms with van der Waals surface area (Å²) >= 11 is 0. The second-order valence-electron chi connectivity index (χ2n) is 6.71. The topological polar surface area (TPSA) is 15.3 Å². The molecule has 0 bridgehead atoms. The van der Waals surface area contributed by atoms with Crippen molar-refractivity contribution in [3.05, 3.63) is 0 Å². The van der Waals surface area contributed by atoms with E-state index in [1.165, 1.54) is 52.0 Å². The summed E-state index contributed by atoms with van der Waals surface area (Å²) < 4.78 is 0. The zero-order chi connectivity index (χ0) is 11.6. The van der Waals surface area contributed by atoms with Gasteiger partial charge in [0.2, 0.25) is 0 Å². The quantitative estimate of drug-likeness (QED) is 0.774. The molecule has 0 saturated carbocycles. The van der Waals surface area contributed by atoms with Crippen molar-refractivity contribution in [1.82, 2.24) is 10.2 Å². The SMILES string of the molecule is CC1CCN(CC2(C)CCNC2)CC(C)C1. The molecule has 0 radical (unpaired) electrons. The van der Waals surface area contributed by atoms with Gasteiger partial charge in [0, 0.05) is 19.6 Å². The summed E-state index contributed by atoms with van der Waals surface area (Å²) in [6.45, 7) is 13.7. The maximum atomic E-state index is 3.51. The second-order valence-corrected chi connectivity index (χ2v) is 6.71. The molecule has 3 atom stereocenters. The predicted octanol–water partition coefficient (Wildman–Crippen LogP) is 2.35. The Hall–Kier alpha value is -0.0800. The molecule has 0 aromatic heterocycles. The summed E-state index contributed by atoms with van der Waals surface area (Å²) in [5, 5.41) is 3.51. The van der Waals surface area contributed by atoms with Gasteiger partial charge in [-0.2, -0.15) is 0 Å². The molecule has 2 saturated heterocycles. The molecular weight excluding hydrogens is 196 g/mol. The lowest BCUT2D eigenvalue weighted by Crippen LogP contribution is -2.39. The first-order chi connectivity index (χ1) is 7.57. The summed E-state index contributed by atoms with van der Waals surface area (Å²) in [5.74, 6) is 1.81. The van der Waals surface area contributed by atoms with Gasteiger partial charge >= 0.3 is 0 Å². The second kappa shape index (κ2) is 5.05. The van der Waals surface area contributed by atoms with Crippen molar-refractivity contribution >= 4 is 0 Å². The van der Waals surface area contributed by atoms with E-state index in [9.17, 15) is 0 Å². The number of hydrogen-bond acceptors (Lipinski definition) is 2. The number of nitrogens with zero attached hydrogens (tertiary/aromatic N) is 1. The summed E-state index contributed by atoms with van der Waals surface area (Å²) in [5.41, 5.74) is 0.535. The lowest BCUT2D eigenvalue weighted by Gasteiger charge is -2.32. The molecule has 2 aliphatic rings. The van der Waals surface area contributed by atoms with E-state index in [0.29, 0.717) is 5.41 Å². The van der Waals surface area contributed by atoms with Crippen LogP contribution < -0.4 is 5.32 Å². The minimum Gasteiger partial charge on any atom is -0.316 e. The smallest absolute Gasteiger partial charge is 0.00481 e. The fourth-order valence-corrected chi connectivity index (χ4v) is 3.50. The molecule has 2 fully saturated rings. The molecule has 2 heterocycles. The van der Waals surface area contributed by atoms with E-state index in [-0.39, 0.29) is 0 Å². The largest absolute Gasteiger partial charge is 0.316 e. The number of nitrogens with one attached hydrogen (secondary N) is 1. The Kier molecular flexibility index (Phi) is 3.91. The van der Waals surface area contributed by atoms with Gasteiger partial charge in [-0.15, -0.1) is 0 Å². The Bertz CT molecular complexity index is 221. The predicted molar refractivity (Wildman–Crippen MR) is 69.6 cm³/mol. The van der Waals surface area contributed by atoms with E-state index in [1.807, 2.05) is 0 Å². The number of hydrogen-bond donors (Lipinski definition) is 1. The van der Waals surface area contributed by atoms with Crippen LogP contribution in [0.25, 0.3) is 0 Å². The molecule has 2 nitrogen and oxygen atoms in total. The number of rotatable bonds is 2. The van der Waals surface area contributed by atoms with Crippen molar-refractivity contribution in [3.8, 4) is 0 Å². The van der Waals surface area contributed by atoms with Gasteiger partial charge in [0.15, 0.2) is 0 Å². The van der Waals surface area contributed by atoms with Gasteiger partial charge in [-0.3, -0.25) is 0 Å². The van der Waals surface area contributed by atoms with Crippen LogP contribution in [0.15, 0.2) is 0 Å². The minimum absolute atomic E-state index is 0.535. The maximum Gasteiger partial charge on any atom is 0.00481 e. The standard InChI is InChI=1S/C14H28N2/c1-12-4-7-16(9-13(2)8-12)11-14(3)5-6-15-10-14/h12-13,15H,4-11H2,1-3H3. The van der Waals surface area contributed by atoms with Crippen LogP contribution in [0.5, 0.6) is 0 Å². The third-order valence-corrected chi connectivity index (χ3v) is 4.38. The average molecular weight is 224 g/mol. The highest BCUT2D eigenvalue weighted by Gasteiger charge is 2.31. The Morgan fingerprint density at radius 2 is 2.12 bits per heavy atom. The van der Waals surface area contributed by atoms with Gasteiger partial charge in [0.05, 0.1) is 0 Å². The lowest BCUT2D eigenvalue weighted by atomic mass is 9.89. The van der Waals surface area contributed by atoms with Gasteiger partial charge < -0.3 is 10.2 Å². The van der Waals surface area contributed by atoms with Crippen LogP contribution in [0.2, 0.25) is 0 Å². The van der Waals surface area contributed by atoms with E-state index in [0.717, 1.165) is 11.8 Å². The van der Waals surface area contributed by atoms with E-state index >= 15 is 0 Å². The van der Waals surface area contributed by atoms with Gasteiger partial charge in [0.25, 0.3) is 0 Å².